The van der Waals surface area contributed by atoms with Crippen molar-refractivity contribution in [2.24, 2.45) is 0 Å². The minimum absolute atomic E-state index is 0.270. The molecule has 1 heterocycles. The van der Waals surface area contributed by atoms with Gasteiger partial charge in [-0.25, -0.2) is 4.72 Å². The van der Waals surface area contributed by atoms with Crippen LogP contribution in [-0.4, -0.2) is 26.0 Å². The van der Waals surface area contributed by atoms with Gasteiger partial charge < -0.3 is 5.11 Å². The van der Waals surface area contributed by atoms with E-state index >= 15 is 0 Å². The Morgan fingerprint density at radius 2 is 2.29 bits per heavy atom. The minimum atomic E-state index is -3.79. The number of aliphatic carboxylic acids is 1. The summed E-state index contributed by atoms with van der Waals surface area (Å²) in [6.07, 6.45) is 0.637. The van der Waals surface area contributed by atoms with Crippen LogP contribution in [0.1, 0.15) is 24.3 Å². The number of nitrogens with one attached hydrogen (secondary N) is 2. The summed E-state index contributed by atoms with van der Waals surface area (Å²) in [5.74, 6) is -1.23. The first-order valence-corrected chi connectivity index (χ1v) is 7.35. The molecule has 8 heteroatoms. The third-order valence-corrected chi connectivity index (χ3v) is 3.96. The maximum Gasteiger partial charge on any atom is 0.327 e. The van der Waals surface area contributed by atoms with E-state index in [0.717, 1.165) is 0 Å². The molecule has 0 aliphatic carbocycles. The lowest BCUT2D eigenvalue weighted by Gasteiger charge is -2.13. The van der Waals surface area contributed by atoms with Crippen molar-refractivity contribution in [2.75, 3.05) is 6.54 Å². The summed E-state index contributed by atoms with van der Waals surface area (Å²) in [5, 5.41) is 10.7. The summed E-state index contributed by atoms with van der Waals surface area (Å²) in [6.45, 7) is 2.09. The van der Waals surface area contributed by atoms with E-state index in [-0.39, 0.29) is 6.54 Å². The molecule has 3 N–H and O–H groups in total. The van der Waals surface area contributed by atoms with E-state index in [0.29, 0.717) is 11.3 Å². The van der Waals surface area contributed by atoms with Gasteiger partial charge >= 0.3 is 5.97 Å². The molecule has 1 atom stereocenters. The van der Waals surface area contributed by atoms with Crippen LogP contribution in [0.4, 0.5) is 0 Å². The van der Waals surface area contributed by atoms with Crippen LogP contribution in [0.3, 0.4) is 0 Å². The van der Waals surface area contributed by atoms with E-state index in [2.05, 4.69) is 9.44 Å². The molecule has 17 heavy (non-hydrogen) atoms. The second kappa shape index (κ2) is 6.10. The molecule has 1 rings (SSSR count). The third-order valence-electron chi connectivity index (χ3n) is 1.89. The normalized spacial score (nSPS) is 13.5. The summed E-state index contributed by atoms with van der Waals surface area (Å²) in [5.41, 5.74) is 0. The average Bonchev–Trinajstić information content (AvgIpc) is 2.76. The van der Waals surface area contributed by atoms with Gasteiger partial charge in [0.2, 0.25) is 0 Å². The highest BCUT2D eigenvalue weighted by atomic mass is 32.2. The van der Waals surface area contributed by atoms with E-state index < -0.39 is 22.2 Å². The largest absolute Gasteiger partial charge is 0.480 e. The fourth-order valence-corrected chi connectivity index (χ4v) is 3.06. The SMILES string of the molecule is CCCNS(=O)(=O)NC(C(=O)O)c1cccs1. The minimum Gasteiger partial charge on any atom is -0.480 e. The molecule has 6 nitrogen and oxygen atoms in total. The highest BCUT2D eigenvalue weighted by molar-refractivity contribution is 7.87. The summed E-state index contributed by atoms with van der Waals surface area (Å²) in [4.78, 5) is 11.4. The van der Waals surface area contributed by atoms with Crippen molar-refractivity contribution < 1.29 is 18.3 Å². The molecule has 0 aromatic carbocycles. The van der Waals surface area contributed by atoms with Crippen LogP contribution in [0, 0.1) is 0 Å². The Hall–Kier alpha value is -0.960. The molecule has 1 aromatic rings. The highest BCUT2D eigenvalue weighted by Gasteiger charge is 2.25. The lowest BCUT2D eigenvalue weighted by molar-refractivity contribution is -0.139. The first-order chi connectivity index (χ1) is 7.96. The van der Waals surface area contributed by atoms with E-state index in [1.165, 1.54) is 11.3 Å². The summed E-state index contributed by atoms with van der Waals surface area (Å²) >= 11 is 1.19. The van der Waals surface area contributed by atoms with Crippen LogP contribution in [0.15, 0.2) is 17.5 Å². The summed E-state index contributed by atoms with van der Waals surface area (Å²) < 4.78 is 27.4. The number of thiophene rings is 1. The molecule has 0 amide bonds. The van der Waals surface area contributed by atoms with Crippen molar-refractivity contribution in [1.82, 2.24) is 9.44 Å². The zero-order chi connectivity index (χ0) is 12.9. The molecule has 0 aliphatic heterocycles. The second-order valence-corrected chi connectivity index (χ2v) is 5.81. The van der Waals surface area contributed by atoms with Gasteiger partial charge in [-0.3, -0.25) is 4.79 Å². The van der Waals surface area contributed by atoms with Crippen molar-refractivity contribution in [3.05, 3.63) is 22.4 Å². The molecule has 0 radical (unpaired) electrons. The summed E-state index contributed by atoms with van der Waals surface area (Å²) in [7, 11) is -3.79. The maximum absolute atomic E-state index is 11.5. The van der Waals surface area contributed by atoms with Gasteiger partial charge in [-0.2, -0.15) is 13.1 Å². The molecule has 0 spiro atoms. The van der Waals surface area contributed by atoms with Gasteiger partial charge in [-0.15, -0.1) is 11.3 Å². The molecular weight excluding hydrogens is 264 g/mol. The number of rotatable bonds is 7. The Morgan fingerprint density at radius 3 is 2.76 bits per heavy atom. The van der Waals surface area contributed by atoms with Crippen molar-refractivity contribution in [3.8, 4) is 0 Å². The number of carboxylic acids is 1. The molecule has 0 saturated carbocycles. The Morgan fingerprint density at radius 1 is 1.59 bits per heavy atom. The van der Waals surface area contributed by atoms with Gasteiger partial charge in [0, 0.05) is 11.4 Å². The van der Waals surface area contributed by atoms with E-state index in [9.17, 15) is 13.2 Å². The topological polar surface area (TPSA) is 95.5 Å². The van der Waals surface area contributed by atoms with Crippen LogP contribution in [-0.2, 0) is 15.0 Å². The predicted molar refractivity (Wildman–Crippen MR) is 65.0 cm³/mol. The lowest BCUT2D eigenvalue weighted by atomic mass is 10.3. The van der Waals surface area contributed by atoms with Crippen LogP contribution in [0.25, 0.3) is 0 Å². The highest BCUT2D eigenvalue weighted by Crippen LogP contribution is 2.19. The average molecular weight is 278 g/mol. The molecule has 96 valence electrons. The van der Waals surface area contributed by atoms with Gasteiger partial charge in [0.1, 0.15) is 0 Å². The van der Waals surface area contributed by atoms with Crippen molar-refractivity contribution in [3.63, 3.8) is 0 Å². The van der Waals surface area contributed by atoms with Crippen molar-refractivity contribution >= 4 is 27.5 Å². The van der Waals surface area contributed by atoms with Gasteiger partial charge in [0.25, 0.3) is 10.2 Å². The molecular formula is C9H14N2O4S2. The molecule has 0 bridgehead atoms. The Balaban J connectivity index is 2.78. The van der Waals surface area contributed by atoms with Crippen LogP contribution in [0.2, 0.25) is 0 Å². The molecule has 0 aliphatic rings. The van der Waals surface area contributed by atoms with Gasteiger partial charge in [-0.05, 0) is 17.9 Å². The first kappa shape index (κ1) is 14.1. The van der Waals surface area contributed by atoms with E-state index in [4.69, 9.17) is 5.11 Å². The zero-order valence-corrected chi connectivity index (χ0v) is 10.8. The van der Waals surface area contributed by atoms with Crippen molar-refractivity contribution in [1.29, 1.82) is 0 Å². The van der Waals surface area contributed by atoms with Crippen molar-refractivity contribution in [2.45, 2.75) is 19.4 Å². The van der Waals surface area contributed by atoms with Gasteiger partial charge in [0.15, 0.2) is 6.04 Å². The Kier molecular flexibility index (Phi) is 5.06. The molecule has 1 aromatic heterocycles. The smallest absolute Gasteiger partial charge is 0.327 e. The van der Waals surface area contributed by atoms with E-state index in [1.54, 1.807) is 17.5 Å². The van der Waals surface area contributed by atoms with Gasteiger partial charge in [-0.1, -0.05) is 13.0 Å². The monoisotopic (exact) mass is 278 g/mol. The number of carbonyl (C=O) groups is 1. The number of hydrogen-bond acceptors (Lipinski definition) is 4. The standard InChI is InChI=1S/C9H14N2O4S2/c1-2-5-10-17(14,15)11-8(9(12)13)7-4-3-6-16-7/h3-4,6,8,10-11H,2,5H2,1H3,(H,12,13). The van der Waals surface area contributed by atoms with Gasteiger partial charge in [0.05, 0.1) is 0 Å². The first-order valence-electron chi connectivity index (χ1n) is 4.99. The second-order valence-electron chi connectivity index (χ2n) is 3.30. The maximum atomic E-state index is 11.5. The number of hydrogen-bond donors (Lipinski definition) is 3. The fraction of sp³-hybridized carbons (Fsp3) is 0.444. The Labute approximate surface area is 104 Å². The molecule has 0 fully saturated rings. The third kappa shape index (κ3) is 4.43. The molecule has 1 unspecified atom stereocenters. The van der Waals surface area contributed by atoms with E-state index in [1.807, 2.05) is 6.92 Å². The van der Waals surface area contributed by atoms with Crippen LogP contribution >= 0.6 is 11.3 Å². The van der Waals surface area contributed by atoms with Crippen LogP contribution in [0.5, 0.6) is 0 Å². The zero-order valence-electron chi connectivity index (χ0n) is 9.21. The quantitative estimate of drug-likeness (QED) is 0.684. The predicted octanol–water partition coefficient (Wildman–Crippen LogP) is 0.708. The molecule has 0 saturated heterocycles. The fourth-order valence-electron chi connectivity index (χ4n) is 1.12. The Bertz CT molecular complexity index is 455. The number of carboxylic acid groups (broad SMARTS) is 1. The summed E-state index contributed by atoms with van der Waals surface area (Å²) in [6, 6.07) is 2.00. The van der Waals surface area contributed by atoms with Crippen LogP contribution < -0.4 is 9.44 Å². The lowest BCUT2D eigenvalue weighted by Crippen LogP contribution is -2.41.